The van der Waals surface area contributed by atoms with Crippen LogP contribution in [0, 0.1) is 0 Å². The fourth-order valence-electron chi connectivity index (χ4n) is 3.29. The van der Waals surface area contributed by atoms with Crippen LogP contribution in [0.1, 0.15) is 26.3 Å². The third-order valence-electron chi connectivity index (χ3n) is 6.38. The van der Waals surface area contributed by atoms with Gasteiger partial charge >= 0.3 is 0 Å². The van der Waals surface area contributed by atoms with Gasteiger partial charge in [-0.1, -0.05) is 93.3 Å². The monoisotopic (exact) mass is 452 g/mol. The van der Waals surface area contributed by atoms with E-state index in [0.29, 0.717) is 6.61 Å². The van der Waals surface area contributed by atoms with Crippen LogP contribution in [-0.2, 0) is 4.43 Å². The van der Waals surface area contributed by atoms with Gasteiger partial charge in [0, 0.05) is 0 Å². The summed E-state index contributed by atoms with van der Waals surface area (Å²) in [7, 11) is -3.56. The molecule has 1 aliphatic heterocycles. The fourth-order valence-corrected chi connectivity index (χ4v) is 6.50. The number of fused-ring (bicyclic) bond motifs is 1. The predicted molar refractivity (Wildman–Crippen MR) is 136 cm³/mol. The first-order valence-electron chi connectivity index (χ1n) is 11.0. The van der Waals surface area contributed by atoms with Crippen LogP contribution in [-0.4, -0.2) is 29.8 Å². The lowest BCUT2D eigenvalue weighted by atomic mass is 10.1. The van der Waals surface area contributed by atoms with Crippen molar-refractivity contribution in [3.63, 3.8) is 0 Å². The van der Waals surface area contributed by atoms with E-state index in [1.165, 1.54) is 10.8 Å². The SMILES string of the molecule is CC(C)(C)[Si](C)(C)OC/C=C\C(=C\[Si](C)(C)c1ccccc1)c1ccc2c(c1)OCO2. The summed E-state index contributed by atoms with van der Waals surface area (Å²) in [4.78, 5) is 0. The number of allylic oxidation sites excluding steroid dienone is 2. The molecule has 0 amide bonds. The van der Waals surface area contributed by atoms with Crippen molar-refractivity contribution in [1.29, 1.82) is 0 Å². The molecule has 3 nitrogen and oxygen atoms in total. The van der Waals surface area contributed by atoms with Gasteiger partial charge in [-0.15, -0.1) is 0 Å². The third kappa shape index (κ3) is 5.79. The molecule has 5 heteroatoms. The largest absolute Gasteiger partial charge is 0.454 e. The molecule has 0 spiro atoms. The van der Waals surface area contributed by atoms with Gasteiger partial charge in [0.15, 0.2) is 19.8 Å². The highest BCUT2D eigenvalue weighted by Crippen LogP contribution is 2.37. The molecule has 0 saturated heterocycles. The minimum atomic E-state index is -1.80. The Balaban J connectivity index is 1.90. The van der Waals surface area contributed by atoms with E-state index < -0.39 is 16.4 Å². The fraction of sp³-hybridized carbons (Fsp3) is 0.385. The van der Waals surface area contributed by atoms with Crippen molar-refractivity contribution >= 4 is 27.2 Å². The summed E-state index contributed by atoms with van der Waals surface area (Å²) >= 11 is 0. The highest BCUT2D eigenvalue weighted by Gasteiger charge is 2.36. The highest BCUT2D eigenvalue weighted by molar-refractivity contribution is 6.94. The molecule has 0 aromatic heterocycles. The number of ether oxygens (including phenoxy) is 2. The lowest BCUT2D eigenvalue weighted by Crippen LogP contribution is -2.40. The second-order valence-corrected chi connectivity index (χ2v) is 19.3. The molecule has 0 N–H and O–H groups in total. The maximum absolute atomic E-state index is 6.36. The van der Waals surface area contributed by atoms with Gasteiger partial charge in [0.05, 0.1) is 6.61 Å². The molecule has 31 heavy (non-hydrogen) atoms. The molecule has 1 heterocycles. The summed E-state index contributed by atoms with van der Waals surface area (Å²) in [5, 5.41) is 1.62. The van der Waals surface area contributed by atoms with E-state index in [1.807, 2.05) is 6.07 Å². The van der Waals surface area contributed by atoms with Crippen LogP contribution in [0.15, 0.2) is 66.4 Å². The van der Waals surface area contributed by atoms with E-state index in [2.05, 4.69) is 107 Å². The Bertz CT molecular complexity index is 954. The molecule has 0 bridgehead atoms. The smallest absolute Gasteiger partial charge is 0.231 e. The van der Waals surface area contributed by atoms with E-state index in [0.717, 1.165) is 17.1 Å². The maximum atomic E-state index is 6.36. The molecule has 1 aliphatic rings. The van der Waals surface area contributed by atoms with Gasteiger partial charge in [-0.3, -0.25) is 0 Å². The molecule has 0 radical (unpaired) electrons. The summed E-state index contributed by atoms with van der Waals surface area (Å²) in [6.45, 7) is 17.1. The van der Waals surface area contributed by atoms with E-state index >= 15 is 0 Å². The zero-order valence-electron chi connectivity index (χ0n) is 20.0. The Morgan fingerprint density at radius 3 is 2.32 bits per heavy atom. The van der Waals surface area contributed by atoms with Crippen molar-refractivity contribution in [2.75, 3.05) is 13.4 Å². The quantitative estimate of drug-likeness (QED) is 0.353. The third-order valence-corrected chi connectivity index (χ3v) is 13.7. The van der Waals surface area contributed by atoms with Crippen LogP contribution in [0.5, 0.6) is 11.5 Å². The highest BCUT2D eigenvalue weighted by atomic mass is 28.4. The van der Waals surface area contributed by atoms with Gasteiger partial charge in [0.1, 0.15) is 8.07 Å². The van der Waals surface area contributed by atoms with Crippen molar-refractivity contribution in [1.82, 2.24) is 0 Å². The summed E-state index contributed by atoms with van der Waals surface area (Å²) in [5.41, 5.74) is 4.81. The molecule has 2 aromatic carbocycles. The van der Waals surface area contributed by atoms with E-state index in [4.69, 9.17) is 13.9 Å². The number of benzene rings is 2. The molecule has 0 unspecified atom stereocenters. The Labute approximate surface area is 189 Å². The van der Waals surface area contributed by atoms with Crippen molar-refractivity contribution in [2.24, 2.45) is 0 Å². The number of hydrogen-bond donors (Lipinski definition) is 0. The van der Waals surface area contributed by atoms with Crippen molar-refractivity contribution < 1.29 is 13.9 Å². The minimum Gasteiger partial charge on any atom is -0.454 e. The van der Waals surface area contributed by atoms with Crippen molar-refractivity contribution in [3.8, 4) is 11.5 Å². The van der Waals surface area contributed by atoms with Gasteiger partial charge in [0.25, 0.3) is 0 Å². The van der Waals surface area contributed by atoms with Gasteiger partial charge in [-0.05, 0) is 41.4 Å². The number of hydrogen-bond acceptors (Lipinski definition) is 3. The average molecular weight is 453 g/mol. The zero-order valence-corrected chi connectivity index (χ0v) is 22.0. The van der Waals surface area contributed by atoms with Crippen molar-refractivity contribution in [2.45, 2.75) is 52.0 Å². The van der Waals surface area contributed by atoms with Gasteiger partial charge < -0.3 is 13.9 Å². The van der Waals surface area contributed by atoms with Crippen LogP contribution in [0.3, 0.4) is 0 Å². The van der Waals surface area contributed by atoms with E-state index in [9.17, 15) is 0 Å². The molecule has 0 aliphatic carbocycles. The molecule has 0 saturated carbocycles. The molecular formula is C26H36O3Si2. The summed E-state index contributed by atoms with van der Waals surface area (Å²) < 4.78 is 17.5. The van der Waals surface area contributed by atoms with Gasteiger partial charge in [-0.2, -0.15) is 0 Å². The molecular weight excluding hydrogens is 416 g/mol. The number of rotatable bonds is 7. The van der Waals surface area contributed by atoms with Crippen molar-refractivity contribution in [3.05, 3.63) is 71.9 Å². The Morgan fingerprint density at radius 1 is 0.968 bits per heavy atom. The molecule has 0 fully saturated rings. The molecule has 2 aromatic rings. The summed E-state index contributed by atoms with van der Waals surface area (Å²) in [6, 6.07) is 17.0. The van der Waals surface area contributed by atoms with E-state index in [-0.39, 0.29) is 11.8 Å². The molecule has 3 rings (SSSR count). The Hall–Kier alpha value is -2.09. The average Bonchev–Trinajstić information content (AvgIpc) is 3.18. The topological polar surface area (TPSA) is 27.7 Å². The lowest BCUT2D eigenvalue weighted by molar-refractivity contribution is 0.174. The van der Waals surface area contributed by atoms with Crippen LogP contribution in [0.25, 0.3) is 5.57 Å². The second kappa shape index (κ2) is 9.19. The van der Waals surface area contributed by atoms with Crippen LogP contribution >= 0.6 is 0 Å². The normalized spacial score (nSPS) is 15.0. The second-order valence-electron chi connectivity index (χ2n) is 10.2. The van der Waals surface area contributed by atoms with Crippen LogP contribution in [0.4, 0.5) is 0 Å². The minimum absolute atomic E-state index is 0.207. The first kappa shape index (κ1) is 23.6. The predicted octanol–water partition coefficient (Wildman–Crippen LogP) is 6.53. The first-order chi connectivity index (χ1) is 14.5. The Kier molecular flexibility index (Phi) is 6.99. The standard InChI is InChI=1S/C26H36O3Si2/c1-26(2,3)31(6,7)29-17-11-12-22(19-30(4,5)23-13-9-8-10-14-23)21-15-16-24-25(18-21)28-20-27-24/h8-16,18-19H,17,20H2,1-7H3/b12-11-,22-19-. The Morgan fingerprint density at radius 2 is 1.65 bits per heavy atom. The van der Waals surface area contributed by atoms with Gasteiger partial charge in [0.2, 0.25) is 6.79 Å². The zero-order chi connectivity index (χ0) is 22.7. The van der Waals surface area contributed by atoms with Crippen LogP contribution < -0.4 is 14.7 Å². The maximum Gasteiger partial charge on any atom is 0.231 e. The van der Waals surface area contributed by atoms with Crippen LogP contribution in [0.2, 0.25) is 31.2 Å². The molecule has 166 valence electrons. The van der Waals surface area contributed by atoms with E-state index in [1.54, 1.807) is 0 Å². The van der Waals surface area contributed by atoms with Gasteiger partial charge in [-0.25, -0.2) is 0 Å². The molecule has 0 atom stereocenters. The summed E-state index contributed by atoms with van der Waals surface area (Å²) in [5.74, 6) is 1.63. The lowest BCUT2D eigenvalue weighted by Gasteiger charge is -2.35. The first-order valence-corrected chi connectivity index (χ1v) is 17.0. The summed E-state index contributed by atoms with van der Waals surface area (Å²) in [6.07, 6.45) is 4.37.